The molecule has 0 unspecified atom stereocenters. The molecule has 0 amide bonds. The van der Waals surface area contributed by atoms with Crippen molar-refractivity contribution < 1.29 is 50.3 Å². The van der Waals surface area contributed by atoms with E-state index in [1.807, 2.05) is 0 Å². The summed E-state index contributed by atoms with van der Waals surface area (Å²) >= 11 is 0. The van der Waals surface area contributed by atoms with Crippen LogP contribution < -0.4 is 0 Å². The van der Waals surface area contributed by atoms with Gasteiger partial charge in [-0.2, -0.15) is 0 Å². The van der Waals surface area contributed by atoms with Gasteiger partial charge < -0.3 is 0 Å². The van der Waals surface area contributed by atoms with E-state index in [2.05, 4.69) is 0 Å². The molecule has 0 aliphatic heterocycles. The van der Waals surface area contributed by atoms with E-state index in [-0.39, 0.29) is 130 Å². The zero-order valence-corrected chi connectivity index (χ0v) is 4.24. The summed E-state index contributed by atoms with van der Waals surface area (Å²) in [4.78, 5) is 0. The van der Waals surface area contributed by atoms with Crippen LogP contribution in [0.4, 0.5) is 0 Å². The zero-order chi connectivity index (χ0) is 0. The Morgan fingerprint density at radius 2 is 1.00 bits per heavy atom. The molecule has 0 rings (SSSR count). The van der Waals surface area contributed by atoms with Crippen LogP contribution in [0.15, 0.2) is 0 Å². The van der Waals surface area contributed by atoms with Gasteiger partial charge in [0.1, 0.15) is 0 Å². The Balaban J connectivity index is 0. The van der Waals surface area contributed by atoms with Gasteiger partial charge in [0.2, 0.25) is 0 Å². The van der Waals surface area contributed by atoms with Crippen molar-refractivity contribution in [2.75, 3.05) is 0 Å². The summed E-state index contributed by atoms with van der Waals surface area (Å²) in [6.45, 7) is 0. The van der Waals surface area contributed by atoms with E-state index in [9.17, 15) is 0 Å². The fourth-order valence-electron chi connectivity index (χ4n) is 0. The second-order valence-electron chi connectivity index (χ2n) is 0. The average Bonchev–Trinajstić information content (AvgIpc) is 0. The quantitative estimate of drug-likeness (QED) is 0.417. The first kappa shape index (κ1) is 49.4. The van der Waals surface area contributed by atoms with Crippen molar-refractivity contribution in [1.29, 1.82) is 0 Å². The molecular formula is H5CaCoLiMgMnNi. The maximum atomic E-state index is 0. The van der Waals surface area contributed by atoms with Crippen LogP contribution in [0, 0.1) is 0 Å². The van der Waals surface area contributed by atoms with Gasteiger partial charge in [-0.1, -0.05) is 0 Å². The molecule has 0 aliphatic rings. The van der Waals surface area contributed by atoms with Crippen molar-refractivity contribution >= 4 is 79.7 Å². The fourth-order valence-corrected chi connectivity index (χ4v) is 0. The van der Waals surface area contributed by atoms with E-state index in [0.717, 1.165) is 0 Å². The van der Waals surface area contributed by atoms with Gasteiger partial charge >= 0.3 is 79.7 Å². The summed E-state index contributed by atoms with van der Waals surface area (Å²) in [5.41, 5.74) is 0. The summed E-state index contributed by atoms with van der Waals surface area (Å²) in [6, 6.07) is 0. The fraction of sp³-hybridized carbons (Fsp3) is 0. The Hall–Kier alpha value is 4.14. The molecule has 0 atom stereocenters. The molecule has 0 fully saturated rings. The molecule has 0 saturated heterocycles. The van der Waals surface area contributed by atoms with E-state index in [1.54, 1.807) is 0 Å². The van der Waals surface area contributed by atoms with Crippen LogP contribution in [-0.4, -0.2) is 79.7 Å². The molecule has 0 aromatic carbocycles. The third-order valence-corrected chi connectivity index (χ3v) is 0. The first-order valence-corrected chi connectivity index (χ1v) is 0. The maximum absolute atomic E-state index is 0. The third-order valence-electron chi connectivity index (χ3n) is 0. The molecule has 6 heteroatoms. The van der Waals surface area contributed by atoms with Crippen LogP contribution in [0.1, 0.15) is 0 Å². The zero-order valence-electron chi connectivity index (χ0n) is 1.03. The molecule has 0 saturated carbocycles. The van der Waals surface area contributed by atoms with Crippen molar-refractivity contribution in [3.05, 3.63) is 0 Å². The van der Waals surface area contributed by atoms with Crippen LogP contribution >= 0.6 is 0 Å². The minimum Gasteiger partial charge on any atom is 0 e. The SMILES string of the molecule is [CaH2].[Co].[LiH].[MgH2].[Mn].[Ni]. The summed E-state index contributed by atoms with van der Waals surface area (Å²) in [7, 11) is 0. The third kappa shape index (κ3) is 24.2. The largest absolute Gasteiger partial charge is 0.316 e. The molecule has 0 heterocycles. The molecule has 0 aromatic rings. The Morgan fingerprint density at radius 3 is 1.00 bits per heavy atom. The van der Waals surface area contributed by atoms with Crippen LogP contribution in [-0.2, 0) is 50.3 Å². The number of hydrogen-bond acceptors (Lipinski definition) is 0. The van der Waals surface area contributed by atoms with E-state index < -0.39 is 0 Å². The van der Waals surface area contributed by atoms with Gasteiger partial charge in [-0.05, 0) is 0 Å². The van der Waals surface area contributed by atoms with Gasteiger partial charge in [-0.25, -0.2) is 0 Å². The Labute approximate surface area is 127 Å². The molecular weight excluding hydrogens is 244 g/mol. The van der Waals surface area contributed by atoms with Crippen molar-refractivity contribution in [1.82, 2.24) is 0 Å². The van der Waals surface area contributed by atoms with Gasteiger partial charge in [-0.15, -0.1) is 0 Å². The molecule has 0 spiro atoms. The Morgan fingerprint density at radius 1 is 1.00 bits per heavy atom. The van der Waals surface area contributed by atoms with Crippen LogP contribution in [0.3, 0.4) is 0 Å². The van der Waals surface area contributed by atoms with Gasteiger partial charge in [0, 0.05) is 50.3 Å². The molecule has 0 bridgehead atoms. The second kappa shape index (κ2) is 35.3. The number of rotatable bonds is 0. The predicted molar refractivity (Wildman–Crippen MR) is 24.2 cm³/mol. The van der Waals surface area contributed by atoms with E-state index >= 15 is 0 Å². The minimum absolute atomic E-state index is 0. The maximum Gasteiger partial charge on any atom is 0.316 e. The smallest absolute Gasteiger partial charge is 0 e. The Bertz CT molecular complexity index is 15.5. The first-order chi connectivity index (χ1) is 0. The summed E-state index contributed by atoms with van der Waals surface area (Å²) < 4.78 is 0. The summed E-state index contributed by atoms with van der Waals surface area (Å²) in [5.74, 6) is 0. The van der Waals surface area contributed by atoms with E-state index in [0.29, 0.717) is 0 Å². The van der Waals surface area contributed by atoms with Crippen molar-refractivity contribution in [2.45, 2.75) is 0 Å². The number of hydrogen-bond donors (Lipinski definition) is 0. The van der Waals surface area contributed by atoms with Crippen LogP contribution in [0.5, 0.6) is 0 Å². The van der Waals surface area contributed by atoms with Crippen molar-refractivity contribution in [3.63, 3.8) is 0 Å². The average molecular weight is 249 g/mol. The van der Waals surface area contributed by atoms with Gasteiger partial charge in [0.25, 0.3) is 0 Å². The topological polar surface area (TPSA) is 0 Å². The molecule has 0 aliphatic carbocycles. The Kier molecular flexibility index (Phi) is 291. The molecule has 0 N–H and O–H groups in total. The van der Waals surface area contributed by atoms with Gasteiger partial charge in [0.15, 0.2) is 0 Å². The summed E-state index contributed by atoms with van der Waals surface area (Å²) in [6.07, 6.45) is 0. The summed E-state index contributed by atoms with van der Waals surface area (Å²) in [5, 5.41) is 0. The predicted octanol–water partition coefficient (Wildman–Crippen LogP) is -2.49. The van der Waals surface area contributed by atoms with Crippen LogP contribution in [0.25, 0.3) is 0 Å². The molecule has 6 heavy (non-hydrogen) atoms. The molecule has 0 nitrogen and oxygen atoms in total. The standard InChI is InChI=1S/Ca.Co.Li.Mg.Mn.Ni.5H. The van der Waals surface area contributed by atoms with E-state index in [1.165, 1.54) is 0 Å². The second-order valence-corrected chi connectivity index (χ2v) is 0. The van der Waals surface area contributed by atoms with Gasteiger partial charge in [0.05, 0.1) is 0 Å². The normalized spacial score (nSPS) is 0. The monoisotopic (exact) mass is 248 g/mol. The first-order valence-electron chi connectivity index (χ1n) is 0. The van der Waals surface area contributed by atoms with Crippen LogP contribution in [0.2, 0.25) is 0 Å². The molecule has 0 aromatic heterocycles. The molecule has 36 valence electrons. The minimum atomic E-state index is 0. The van der Waals surface area contributed by atoms with Gasteiger partial charge in [-0.3, -0.25) is 0 Å². The van der Waals surface area contributed by atoms with E-state index in [4.69, 9.17) is 0 Å². The molecule has 2 radical (unpaired) electrons. The van der Waals surface area contributed by atoms with Crippen molar-refractivity contribution in [2.24, 2.45) is 0 Å². The van der Waals surface area contributed by atoms with Crippen molar-refractivity contribution in [3.8, 4) is 0 Å².